The first-order chi connectivity index (χ1) is 18.8. The van der Waals surface area contributed by atoms with Gasteiger partial charge in [0.25, 0.3) is 5.91 Å². The maximum absolute atomic E-state index is 13.8. The van der Waals surface area contributed by atoms with Crippen LogP contribution in [0.15, 0.2) is 34.4 Å². The monoisotopic (exact) mass is 558 g/mol. The van der Waals surface area contributed by atoms with Crippen LogP contribution in [0.4, 0.5) is 0 Å². The van der Waals surface area contributed by atoms with E-state index < -0.39 is 16.1 Å². The van der Waals surface area contributed by atoms with Crippen LogP contribution in [-0.4, -0.2) is 95.6 Å². The highest BCUT2D eigenvalue weighted by Crippen LogP contribution is 2.40. The second kappa shape index (κ2) is 11.6. The number of likely N-dealkylation sites (N-methyl/N-ethyl adjacent to an activating group) is 1. The minimum Gasteiger partial charge on any atom is -0.493 e. The Morgan fingerprint density at radius 1 is 1.15 bits per heavy atom. The Morgan fingerprint density at radius 3 is 2.64 bits per heavy atom. The first-order valence-corrected chi connectivity index (χ1v) is 15.2. The van der Waals surface area contributed by atoms with Crippen LogP contribution in [0.2, 0.25) is 0 Å². The summed E-state index contributed by atoms with van der Waals surface area (Å²) in [5.41, 5.74) is 2.31. The lowest BCUT2D eigenvalue weighted by Crippen LogP contribution is -2.43. The normalized spacial score (nSPS) is 21.4. The average molecular weight is 559 g/mol. The van der Waals surface area contributed by atoms with Gasteiger partial charge in [0, 0.05) is 38.7 Å². The van der Waals surface area contributed by atoms with Crippen LogP contribution in [0.5, 0.6) is 5.75 Å². The van der Waals surface area contributed by atoms with E-state index in [-0.39, 0.29) is 10.8 Å². The molecule has 1 aromatic carbocycles. The lowest BCUT2D eigenvalue weighted by molar-refractivity contribution is -0.118. The standard InChI is InChI=1S/C26H38N8O4S/c1-4-10-33-16-21-24(27-26(35)25(21)32(3)17-33)20-15-19(6-7-22(20)38-13-5-2)39(36,37)34-11-8-18(9-12-34)14-23-28-30-31-29-23/h6-7,15,18,24H,4-5,8-14,16-17H2,1-3H3,(H,27,35)(H,28,29,30,31). The third kappa shape index (κ3) is 5.66. The molecule has 2 aromatic rings. The lowest BCUT2D eigenvalue weighted by Gasteiger charge is -2.35. The average Bonchev–Trinajstić information content (AvgIpc) is 3.55. The fourth-order valence-electron chi connectivity index (χ4n) is 5.84. The summed E-state index contributed by atoms with van der Waals surface area (Å²) in [6.07, 6.45) is 4.00. The molecule has 39 heavy (non-hydrogen) atoms. The third-order valence-electron chi connectivity index (χ3n) is 7.71. The van der Waals surface area contributed by atoms with Gasteiger partial charge < -0.3 is 15.0 Å². The smallest absolute Gasteiger partial charge is 0.268 e. The number of amides is 1. The molecule has 0 saturated carbocycles. The molecule has 1 amide bonds. The Labute approximate surface area is 229 Å². The summed E-state index contributed by atoms with van der Waals surface area (Å²) in [7, 11) is -1.80. The third-order valence-corrected chi connectivity index (χ3v) is 9.60. The van der Waals surface area contributed by atoms with Crippen molar-refractivity contribution in [3.05, 3.63) is 40.9 Å². The molecule has 1 atom stereocenters. The van der Waals surface area contributed by atoms with Crippen molar-refractivity contribution >= 4 is 15.9 Å². The Kier molecular flexibility index (Phi) is 8.19. The van der Waals surface area contributed by atoms with Gasteiger partial charge in [-0.1, -0.05) is 13.8 Å². The Balaban J connectivity index is 1.41. The van der Waals surface area contributed by atoms with E-state index in [9.17, 15) is 13.2 Å². The van der Waals surface area contributed by atoms with Crippen LogP contribution >= 0.6 is 0 Å². The summed E-state index contributed by atoms with van der Waals surface area (Å²) in [6, 6.07) is 4.62. The summed E-state index contributed by atoms with van der Waals surface area (Å²) >= 11 is 0. The summed E-state index contributed by atoms with van der Waals surface area (Å²) in [5.74, 6) is 1.51. The minimum atomic E-state index is -3.73. The molecule has 0 spiro atoms. The second-order valence-electron chi connectivity index (χ2n) is 10.6. The molecular formula is C26H38N8O4S. The molecule has 3 aliphatic rings. The van der Waals surface area contributed by atoms with Crippen molar-refractivity contribution in [2.75, 3.05) is 46.5 Å². The fourth-order valence-corrected chi connectivity index (χ4v) is 7.35. The van der Waals surface area contributed by atoms with Gasteiger partial charge in [0.15, 0.2) is 0 Å². The molecule has 5 rings (SSSR count). The number of nitrogens with zero attached hydrogens (tertiary/aromatic N) is 6. The number of carbonyl (C=O) groups excluding carboxylic acids is 1. The largest absolute Gasteiger partial charge is 0.493 e. The van der Waals surface area contributed by atoms with E-state index in [1.54, 1.807) is 22.5 Å². The van der Waals surface area contributed by atoms with Crippen molar-refractivity contribution < 1.29 is 17.9 Å². The summed E-state index contributed by atoms with van der Waals surface area (Å²) in [6.45, 7) is 7.78. The van der Waals surface area contributed by atoms with Gasteiger partial charge in [-0.15, -0.1) is 5.10 Å². The predicted octanol–water partition coefficient (Wildman–Crippen LogP) is 1.67. The van der Waals surface area contributed by atoms with E-state index in [1.165, 1.54) is 0 Å². The predicted molar refractivity (Wildman–Crippen MR) is 144 cm³/mol. The lowest BCUT2D eigenvalue weighted by atomic mass is 9.94. The molecular weight excluding hydrogens is 520 g/mol. The summed E-state index contributed by atoms with van der Waals surface area (Å²) in [4.78, 5) is 17.6. The number of rotatable bonds is 10. The van der Waals surface area contributed by atoms with Crippen LogP contribution in [0.25, 0.3) is 0 Å². The van der Waals surface area contributed by atoms with Crippen molar-refractivity contribution in [2.45, 2.75) is 56.9 Å². The van der Waals surface area contributed by atoms with Gasteiger partial charge in [0.2, 0.25) is 10.0 Å². The summed E-state index contributed by atoms with van der Waals surface area (Å²) in [5, 5.41) is 17.1. The van der Waals surface area contributed by atoms with Crippen molar-refractivity contribution in [3.63, 3.8) is 0 Å². The van der Waals surface area contributed by atoms with Crippen LogP contribution in [0, 0.1) is 5.92 Å². The van der Waals surface area contributed by atoms with E-state index in [0.29, 0.717) is 62.3 Å². The molecule has 1 unspecified atom stereocenters. The van der Waals surface area contributed by atoms with Gasteiger partial charge in [-0.3, -0.25) is 9.69 Å². The number of tetrazole rings is 1. The van der Waals surface area contributed by atoms with Crippen molar-refractivity contribution in [1.82, 2.24) is 40.0 Å². The molecule has 0 aliphatic carbocycles. The van der Waals surface area contributed by atoms with Crippen molar-refractivity contribution in [2.24, 2.45) is 5.92 Å². The Bertz CT molecular complexity index is 1310. The quantitative estimate of drug-likeness (QED) is 0.446. The summed E-state index contributed by atoms with van der Waals surface area (Å²) < 4.78 is 35.2. The highest BCUT2D eigenvalue weighted by Gasteiger charge is 2.40. The molecule has 2 N–H and O–H groups in total. The zero-order valence-electron chi connectivity index (χ0n) is 22.9. The van der Waals surface area contributed by atoms with Gasteiger partial charge in [0.1, 0.15) is 17.3 Å². The molecule has 1 fully saturated rings. The number of aromatic amines is 1. The molecule has 1 aromatic heterocycles. The number of hydrogen-bond donors (Lipinski definition) is 2. The molecule has 212 valence electrons. The number of H-pyrrole nitrogens is 1. The van der Waals surface area contributed by atoms with Crippen molar-refractivity contribution in [3.8, 4) is 5.75 Å². The number of hydrogen-bond acceptors (Lipinski definition) is 9. The molecule has 12 nitrogen and oxygen atoms in total. The van der Waals surface area contributed by atoms with E-state index in [2.05, 4.69) is 37.8 Å². The SMILES string of the molecule is CCCOc1ccc(S(=O)(=O)N2CCC(Cc3nnn[nH]3)CC2)cc1C1NC(=O)C2=C1CN(CCC)CN2C. The van der Waals surface area contributed by atoms with E-state index in [0.717, 1.165) is 43.6 Å². The van der Waals surface area contributed by atoms with Crippen LogP contribution in [0.1, 0.15) is 57.0 Å². The van der Waals surface area contributed by atoms with Gasteiger partial charge in [-0.25, -0.2) is 13.5 Å². The zero-order chi connectivity index (χ0) is 27.6. The highest BCUT2D eigenvalue weighted by molar-refractivity contribution is 7.89. The molecule has 13 heteroatoms. The minimum absolute atomic E-state index is 0.132. The molecule has 0 radical (unpaired) electrons. The topological polar surface area (TPSA) is 137 Å². The molecule has 1 saturated heterocycles. The Hall–Kier alpha value is -3.03. The second-order valence-corrected chi connectivity index (χ2v) is 12.6. The van der Waals surface area contributed by atoms with E-state index in [1.807, 2.05) is 18.9 Å². The number of sulfonamides is 1. The number of piperidine rings is 1. The number of ether oxygens (including phenoxy) is 1. The van der Waals surface area contributed by atoms with Crippen molar-refractivity contribution in [1.29, 1.82) is 0 Å². The van der Waals surface area contributed by atoms with Gasteiger partial charge in [-0.05, 0) is 72.3 Å². The number of benzene rings is 1. The van der Waals surface area contributed by atoms with Crippen LogP contribution in [-0.2, 0) is 21.2 Å². The first-order valence-electron chi connectivity index (χ1n) is 13.8. The number of aromatic nitrogens is 4. The number of carbonyl (C=O) groups is 1. The number of nitrogens with one attached hydrogen (secondary N) is 2. The van der Waals surface area contributed by atoms with Gasteiger partial charge in [0.05, 0.1) is 24.2 Å². The highest BCUT2D eigenvalue weighted by atomic mass is 32.2. The fraction of sp³-hybridized carbons (Fsp3) is 0.615. The maximum atomic E-state index is 13.8. The molecule has 3 aliphatic heterocycles. The molecule has 0 bridgehead atoms. The van der Waals surface area contributed by atoms with Crippen LogP contribution < -0.4 is 10.1 Å². The van der Waals surface area contributed by atoms with E-state index >= 15 is 0 Å². The van der Waals surface area contributed by atoms with Gasteiger partial charge in [-0.2, -0.15) is 4.31 Å². The van der Waals surface area contributed by atoms with E-state index in [4.69, 9.17) is 4.74 Å². The first kappa shape index (κ1) is 27.5. The maximum Gasteiger partial charge on any atom is 0.268 e. The Morgan fingerprint density at radius 2 is 1.95 bits per heavy atom. The van der Waals surface area contributed by atoms with Gasteiger partial charge >= 0.3 is 0 Å². The molecule has 4 heterocycles. The van der Waals surface area contributed by atoms with Crippen LogP contribution in [0.3, 0.4) is 0 Å². The zero-order valence-corrected chi connectivity index (χ0v) is 23.7.